The van der Waals surface area contributed by atoms with Crippen molar-refractivity contribution in [2.75, 3.05) is 26.3 Å². The maximum absolute atomic E-state index is 13.9. The van der Waals surface area contributed by atoms with E-state index in [0.29, 0.717) is 35.5 Å². The maximum Gasteiger partial charge on any atom is 0.405 e. The van der Waals surface area contributed by atoms with Crippen molar-refractivity contribution in [1.82, 2.24) is 19.6 Å². The third-order valence-electron chi connectivity index (χ3n) is 6.32. The van der Waals surface area contributed by atoms with Crippen LogP contribution in [0.15, 0.2) is 71.6 Å². The number of aromatic nitrogens is 2. The van der Waals surface area contributed by atoms with Gasteiger partial charge in [0, 0.05) is 24.7 Å². The average molecular weight is 555 g/mol. The summed E-state index contributed by atoms with van der Waals surface area (Å²) in [5, 5.41) is 12.0. The summed E-state index contributed by atoms with van der Waals surface area (Å²) in [6, 6.07) is 15.0. The second-order valence-corrected chi connectivity index (χ2v) is 10.9. The summed E-state index contributed by atoms with van der Waals surface area (Å²) in [6.45, 7) is 1.16. The molecule has 1 atom stereocenters. The molecule has 5 rings (SSSR count). The summed E-state index contributed by atoms with van der Waals surface area (Å²) in [5.74, 6) is -1.58. The van der Waals surface area contributed by atoms with E-state index in [1.165, 1.54) is 16.4 Å². The Morgan fingerprint density at radius 2 is 1.59 bits per heavy atom. The van der Waals surface area contributed by atoms with Gasteiger partial charge in [0.15, 0.2) is 0 Å². The Hall–Kier alpha value is -4.00. The summed E-state index contributed by atoms with van der Waals surface area (Å²) < 4.78 is 60.6. The molecular formula is C27H24F2N4O5S. The van der Waals surface area contributed by atoms with Crippen LogP contribution in [-0.4, -0.2) is 60.2 Å². The Balaban J connectivity index is 1.59. The average Bonchev–Trinajstić information content (AvgIpc) is 2.92. The van der Waals surface area contributed by atoms with E-state index in [9.17, 15) is 27.1 Å². The number of nitrogens with zero attached hydrogens (tertiary/aromatic N) is 3. The lowest BCUT2D eigenvalue weighted by molar-refractivity contribution is 0.0730. The first-order valence-corrected chi connectivity index (χ1v) is 13.5. The van der Waals surface area contributed by atoms with Crippen molar-refractivity contribution < 1.29 is 31.8 Å². The highest BCUT2D eigenvalue weighted by Gasteiger charge is 2.27. The molecule has 1 fully saturated rings. The first-order valence-electron chi connectivity index (χ1n) is 12.1. The molecule has 39 heavy (non-hydrogen) atoms. The van der Waals surface area contributed by atoms with Gasteiger partial charge in [0.05, 0.1) is 46.6 Å². The molecule has 0 spiro atoms. The molecule has 4 aromatic rings. The van der Waals surface area contributed by atoms with Gasteiger partial charge in [-0.3, -0.25) is 0 Å². The zero-order chi connectivity index (χ0) is 27.6. The molecule has 0 bridgehead atoms. The Labute approximate surface area is 223 Å². The molecule has 0 saturated carbocycles. The van der Waals surface area contributed by atoms with Crippen LogP contribution in [0.1, 0.15) is 17.3 Å². The lowest BCUT2D eigenvalue weighted by atomic mass is 9.98. The van der Waals surface area contributed by atoms with Gasteiger partial charge in [0.25, 0.3) is 0 Å². The molecule has 0 unspecified atom stereocenters. The van der Waals surface area contributed by atoms with Gasteiger partial charge < -0.3 is 15.2 Å². The van der Waals surface area contributed by atoms with E-state index < -0.39 is 33.8 Å². The molecular weight excluding hydrogens is 530 g/mol. The van der Waals surface area contributed by atoms with E-state index in [-0.39, 0.29) is 35.7 Å². The monoisotopic (exact) mass is 554 g/mol. The zero-order valence-corrected chi connectivity index (χ0v) is 21.4. The number of nitrogens with one attached hydrogen (secondary N) is 1. The van der Waals surface area contributed by atoms with E-state index in [1.54, 1.807) is 36.4 Å². The van der Waals surface area contributed by atoms with Crippen LogP contribution in [0.4, 0.5) is 13.6 Å². The Morgan fingerprint density at radius 1 is 0.974 bits per heavy atom. The number of sulfonamides is 1. The van der Waals surface area contributed by atoms with Crippen molar-refractivity contribution in [2.45, 2.75) is 17.4 Å². The fourth-order valence-electron chi connectivity index (χ4n) is 4.52. The third kappa shape index (κ3) is 5.87. The molecule has 202 valence electrons. The predicted molar refractivity (Wildman–Crippen MR) is 139 cm³/mol. The molecule has 12 heteroatoms. The minimum atomic E-state index is -3.73. The summed E-state index contributed by atoms with van der Waals surface area (Å²) in [6.07, 6.45) is -1.46. The molecule has 0 radical (unpaired) electrons. The van der Waals surface area contributed by atoms with Gasteiger partial charge in [-0.2, -0.15) is 4.31 Å². The molecule has 1 amide bonds. The highest BCUT2D eigenvalue weighted by atomic mass is 32.2. The van der Waals surface area contributed by atoms with Gasteiger partial charge in [-0.1, -0.05) is 24.3 Å². The summed E-state index contributed by atoms with van der Waals surface area (Å²) >= 11 is 0. The zero-order valence-electron chi connectivity index (χ0n) is 20.5. The van der Waals surface area contributed by atoms with Crippen LogP contribution in [0.2, 0.25) is 0 Å². The fraction of sp³-hybridized carbons (Fsp3) is 0.222. The Bertz CT molecular complexity index is 1610. The lowest BCUT2D eigenvalue weighted by Gasteiger charge is -2.26. The molecule has 2 heterocycles. The molecule has 2 N–H and O–H groups in total. The summed E-state index contributed by atoms with van der Waals surface area (Å²) in [5.41, 5.74) is 2.27. The molecule has 3 aromatic carbocycles. The number of hydrogen-bond acceptors (Lipinski definition) is 6. The number of carboxylic acid groups (broad SMARTS) is 1. The van der Waals surface area contributed by atoms with Crippen molar-refractivity contribution in [3.05, 3.63) is 89.6 Å². The topological polar surface area (TPSA) is 122 Å². The number of ether oxygens (including phenoxy) is 1. The van der Waals surface area contributed by atoms with Crippen molar-refractivity contribution in [3.63, 3.8) is 0 Å². The van der Waals surface area contributed by atoms with E-state index in [4.69, 9.17) is 9.72 Å². The van der Waals surface area contributed by atoms with Crippen LogP contribution in [0, 0.1) is 11.6 Å². The first-order chi connectivity index (χ1) is 18.7. The van der Waals surface area contributed by atoms with E-state index in [1.807, 2.05) is 0 Å². The number of para-hydroxylation sites is 2. The number of fused-ring (bicyclic) bond motifs is 1. The first kappa shape index (κ1) is 26.6. The standard InChI is InChI=1S/C27H24F2N4O5S/c28-19-13-17(14-20(29)16-19)15-24(32-27(34)35)26-25(30-22-3-1-2-4-23(22)31-26)18-5-7-21(8-6-18)39(36,37)33-9-11-38-12-10-33/h1-8,13-14,16,24,32H,9-12,15H2,(H,34,35)/t24-/m0/s1. The van der Waals surface area contributed by atoms with Crippen LogP contribution >= 0.6 is 0 Å². The number of rotatable bonds is 7. The largest absolute Gasteiger partial charge is 0.465 e. The SMILES string of the molecule is O=C(O)N[C@@H](Cc1cc(F)cc(F)c1)c1nc2ccccc2nc1-c1ccc(S(=O)(=O)N2CCOCC2)cc1. The summed E-state index contributed by atoms with van der Waals surface area (Å²) in [7, 11) is -3.73. The van der Waals surface area contributed by atoms with E-state index in [2.05, 4.69) is 10.3 Å². The smallest absolute Gasteiger partial charge is 0.405 e. The van der Waals surface area contributed by atoms with Crippen LogP contribution in [0.25, 0.3) is 22.3 Å². The van der Waals surface area contributed by atoms with Gasteiger partial charge in [-0.05, 0) is 48.4 Å². The molecule has 1 aliphatic heterocycles. The lowest BCUT2D eigenvalue weighted by Crippen LogP contribution is -2.40. The van der Waals surface area contributed by atoms with Crippen molar-refractivity contribution >= 4 is 27.1 Å². The van der Waals surface area contributed by atoms with Crippen molar-refractivity contribution in [2.24, 2.45) is 0 Å². The number of benzene rings is 3. The molecule has 1 saturated heterocycles. The molecule has 1 aliphatic rings. The van der Waals surface area contributed by atoms with E-state index in [0.717, 1.165) is 18.2 Å². The normalized spacial score (nSPS) is 15.2. The molecule has 9 nitrogen and oxygen atoms in total. The van der Waals surface area contributed by atoms with Gasteiger partial charge in [0.2, 0.25) is 10.0 Å². The van der Waals surface area contributed by atoms with Gasteiger partial charge in [-0.25, -0.2) is 32.0 Å². The van der Waals surface area contributed by atoms with Gasteiger partial charge >= 0.3 is 6.09 Å². The minimum absolute atomic E-state index is 0.0962. The Morgan fingerprint density at radius 3 is 2.21 bits per heavy atom. The van der Waals surface area contributed by atoms with Crippen molar-refractivity contribution in [1.29, 1.82) is 0 Å². The quantitative estimate of drug-likeness (QED) is 0.352. The highest BCUT2D eigenvalue weighted by Crippen LogP contribution is 2.31. The number of halogens is 2. The second-order valence-electron chi connectivity index (χ2n) is 8.97. The van der Waals surface area contributed by atoms with Crippen LogP contribution in [0.3, 0.4) is 0 Å². The number of amides is 1. The highest BCUT2D eigenvalue weighted by molar-refractivity contribution is 7.89. The maximum atomic E-state index is 13.9. The van der Waals surface area contributed by atoms with Gasteiger partial charge in [-0.15, -0.1) is 0 Å². The minimum Gasteiger partial charge on any atom is -0.465 e. The third-order valence-corrected chi connectivity index (χ3v) is 8.24. The van der Waals surface area contributed by atoms with Crippen LogP contribution in [-0.2, 0) is 21.2 Å². The molecule has 1 aromatic heterocycles. The van der Waals surface area contributed by atoms with E-state index >= 15 is 0 Å². The molecule has 0 aliphatic carbocycles. The fourth-order valence-corrected chi connectivity index (χ4v) is 5.93. The second kappa shape index (κ2) is 11.0. The van der Waals surface area contributed by atoms with Gasteiger partial charge in [0.1, 0.15) is 11.6 Å². The predicted octanol–water partition coefficient (Wildman–Crippen LogP) is 4.15. The summed E-state index contributed by atoms with van der Waals surface area (Å²) in [4.78, 5) is 21.2. The number of carbonyl (C=O) groups is 1. The Kier molecular flexibility index (Phi) is 7.51. The number of morpholine rings is 1. The van der Waals surface area contributed by atoms with Crippen molar-refractivity contribution in [3.8, 4) is 11.3 Å². The van der Waals surface area contributed by atoms with Crippen LogP contribution in [0.5, 0.6) is 0 Å². The van der Waals surface area contributed by atoms with Crippen LogP contribution < -0.4 is 5.32 Å². The number of hydrogen-bond donors (Lipinski definition) is 2.